The van der Waals surface area contributed by atoms with Crippen LogP contribution in [0, 0.1) is 5.41 Å². The Balaban J connectivity index is 2.12. The van der Waals surface area contributed by atoms with E-state index in [2.05, 4.69) is 0 Å². The fraction of sp³-hybridized carbons (Fsp3) is 0.500. The number of amidine groups is 1. The van der Waals surface area contributed by atoms with E-state index in [1.807, 2.05) is 13.8 Å². The molecule has 1 aromatic rings. The van der Waals surface area contributed by atoms with Gasteiger partial charge >= 0.3 is 0 Å². The van der Waals surface area contributed by atoms with Crippen LogP contribution >= 0.6 is 11.6 Å². The van der Waals surface area contributed by atoms with Gasteiger partial charge in [-0.1, -0.05) is 11.6 Å². The summed E-state index contributed by atoms with van der Waals surface area (Å²) in [5.41, 5.74) is 2.13. The van der Waals surface area contributed by atoms with Crippen LogP contribution in [0.3, 0.4) is 0 Å². The van der Waals surface area contributed by atoms with Crippen molar-refractivity contribution < 1.29 is 24.2 Å². The van der Waals surface area contributed by atoms with Crippen molar-refractivity contribution in [2.24, 2.45) is 0 Å². The van der Waals surface area contributed by atoms with Crippen LogP contribution in [-0.2, 0) is 9.47 Å². The number of benzene rings is 1. The third kappa shape index (κ3) is 3.80. The summed E-state index contributed by atoms with van der Waals surface area (Å²) < 4.78 is 22.0. The molecular formula is C14H19ClN2O5. The monoisotopic (exact) mass is 330 g/mol. The van der Waals surface area contributed by atoms with E-state index in [1.54, 1.807) is 11.5 Å². The van der Waals surface area contributed by atoms with Gasteiger partial charge in [-0.25, -0.2) is 0 Å². The Morgan fingerprint density at radius 2 is 2.27 bits per heavy atom. The zero-order valence-electron chi connectivity index (χ0n) is 12.6. The summed E-state index contributed by atoms with van der Waals surface area (Å²) in [5, 5.41) is 16.6. The highest BCUT2D eigenvalue weighted by atomic mass is 35.5. The van der Waals surface area contributed by atoms with Crippen molar-refractivity contribution >= 4 is 17.4 Å². The summed E-state index contributed by atoms with van der Waals surface area (Å²) in [7, 11) is 1.47. The van der Waals surface area contributed by atoms with Gasteiger partial charge in [-0.3, -0.25) is 16.1 Å². The number of rotatable bonds is 5. The van der Waals surface area contributed by atoms with E-state index < -0.39 is 5.79 Å². The zero-order valence-corrected chi connectivity index (χ0v) is 13.4. The lowest BCUT2D eigenvalue weighted by atomic mass is 10.2. The molecule has 1 aliphatic heterocycles. The first-order valence-electron chi connectivity index (χ1n) is 6.67. The maximum absolute atomic E-state index is 8.79. The van der Waals surface area contributed by atoms with E-state index in [0.29, 0.717) is 23.7 Å². The van der Waals surface area contributed by atoms with E-state index in [4.69, 9.17) is 41.2 Å². The number of nitrogens with one attached hydrogen (secondary N) is 2. The highest BCUT2D eigenvalue weighted by Crippen LogP contribution is 2.37. The SMILES string of the molecule is COc1cc(C(=N)NO)cc(Cl)c1OCC1COC(C)(C)O1. The Hall–Kier alpha value is -1.54. The first-order chi connectivity index (χ1) is 10.4. The van der Waals surface area contributed by atoms with Gasteiger partial charge in [0, 0.05) is 5.56 Å². The predicted octanol–water partition coefficient (Wildman–Crippen LogP) is 2.18. The minimum atomic E-state index is -0.617. The second-order valence-corrected chi connectivity index (χ2v) is 5.65. The number of hydroxylamine groups is 1. The molecule has 1 heterocycles. The maximum atomic E-state index is 8.79. The third-order valence-corrected chi connectivity index (χ3v) is 3.39. The highest BCUT2D eigenvalue weighted by Gasteiger charge is 2.33. The Morgan fingerprint density at radius 1 is 1.55 bits per heavy atom. The molecule has 0 aliphatic carbocycles. The zero-order chi connectivity index (χ0) is 16.3. The summed E-state index contributed by atoms with van der Waals surface area (Å²) in [5.74, 6) is -0.0955. The Bertz CT molecular complexity index is 564. The van der Waals surface area contributed by atoms with Crippen LogP contribution in [0.5, 0.6) is 11.5 Å². The molecule has 2 rings (SSSR count). The Kier molecular flexibility index (Phi) is 5.12. The standard InChI is InChI=1S/C14H19ClN2O5/c1-14(2)21-7-9(22-14)6-20-12-10(15)4-8(13(16)17-18)5-11(12)19-3/h4-5,9,18H,6-7H2,1-3H3,(H2,16,17). The summed E-state index contributed by atoms with van der Waals surface area (Å²) in [4.78, 5) is 0. The number of methoxy groups -OCH3 is 1. The van der Waals surface area contributed by atoms with Crippen LogP contribution in [0.15, 0.2) is 12.1 Å². The molecule has 0 radical (unpaired) electrons. The second kappa shape index (κ2) is 6.70. The molecule has 3 N–H and O–H groups in total. The average Bonchev–Trinajstić information content (AvgIpc) is 2.83. The first-order valence-corrected chi connectivity index (χ1v) is 7.05. The molecule has 0 saturated carbocycles. The van der Waals surface area contributed by atoms with Gasteiger partial charge in [0.15, 0.2) is 17.3 Å². The Labute approximate surface area is 133 Å². The fourth-order valence-corrected chi connectivity index (χ4v) is 2.36. The van der Waals surface area contributed by atoms with Crippen molar-refractivity contribution in [1.29, 1.82) is 5.41 Å². The van der Waals surface area contributed by atoms with Crippen molar-refractivity contribution in [3.05, 3.63) is 22.7 Å². The smallest absolute Gasteiger partial charge is 0.179 e. The first kappa shape index (κ1) is 16.8. The quantitative estimate of drug-likeness (QED) is 0.435. The van der Waals surface area contributed by atoms with Crippen molar-refractivity contribution in [3.8, 4) is 11.5 Å². The molecule has 122 valence electrons. The minimum absolute atomic E-state index is 0.193. The number of hydrogen-bond donors (Lipinski definition) is 3. The Morgan fingerprint density at radius 3 is 2.82 bits per heavy atom. The number of hydrogen-bond acceptors (Lipinski definition) is 6. The van der Waals surface area contributed by atoms with Gasteiger partial charge in [-0.05, 0) is 26.0 Å². The van der Waals surface area contributed by atoms with Crippen LogP contribution in [0.1, 0.15) is 19.4 Å². The minimum Gasteiger partial charge on any atom is -0.493 e. The molecule has 1 atom stereocenters. The van der Waals surface area contributed by atoms with E-state index in [1.165, 1.54) is 13.2 Å². The van der Waals surface area contributed by atoms with Gasteiger partial charge in [0.1, 0.15) is 18.5 Å². The lowest BCUT2D eigenvalue weighted by Gasteiger charge is -2.18. The van der Waals surface area contributed by atoms with Gasteiger partial charge in [0.25, 0.3) is 0 Å². The van der Waals surface area contributed by atoms with Crippen molar-refractivity contribution in [2.75, 3.05) is 20.3 Å². The summed E-state index contributed by atoms with van der Waals surface area (Å²) >= 11 is 6.17. The van der Waals surface area contributed by atoms with Crippen molar-refractivity contribution in [3.63, 3.8) is 0 Å². The van der Waals surface area contributed by atoms with Gasteiger partial charge in [-0.15, -0.1) is 0 Å². The molecule has 22 heavy (non-hydrogen) atoms. The highest BCUT2D eigenvalue weighted by molar-refractivity contribution is 6.32. The molecule has 1 fully saturated rings. The largest absolute Gasteiger partial charge is 0.493 e. The maximum Gasteiger partial charge on any atom is 0.179 e. The van der Waals surface area contributed by atoms with Gasteiger partial charge in [0.05, 0.1) is 18.7 Å². The third-order valence-electron chi connectivity index (χ3n) is 3.11. The fourth-order valence-electron chi connectivity index (χ4n) is 2.09. The molecule has 0 spiro atoms. The van der Waals surface area contributed by atoms with Crippen molar-refractivity contribution in [1.82, 2.24) is 5.48 Å². The molecule has 0 amide bonds. The van der Waals surface area contributed by atoms with Crippen molar-refractivity contribution in [2.45, 2.75) is 25.7 Å². The molecule has 1 unspecified atom stereocenters. The summed E-state index contributed by atoms with van der Waals surface area (Å²) in [6.45, 7) is 4.37. The average molecular weight is 331 g/mol. The molecule has 1 saturated heterocycles. The normalized spacial score (nSPS) is 19.8. The lowest BCUT2D eigenvalue weighted by Crippen LogP contribution is -2.25. The topological polar surface area (TPSA) is 93.0 Å². The summed E-state index contributed by atoms with van der Waals surface area (Å²) in [6, 6.07) is 3.05. The van der Waals surface area contributed by atoms with Gasteiger partial charge in [-0.2, -0.15) is 0 Å². The van der Waals surface area contributed by atoms with Crippen LogP contribution < -0.4 is 15.0 Å². The molecule has 7 nitrogen and oxygen atoms in total. The van der Waals surface area contributed by atoms with Crippen LogP contribution in [0.25, 0.3) is 0 Å². The van der Waals surface area contributed by atoms with E-state index in [0.717, 1.165) is 0 Å². The number of halogens is 1. The molecule has 8 heteroatoms. The van der Waals surface area contributed by atoms with Gasteiger partial charge in [0.2, 0.25) is 0 Å². The molecular weight excluding hydrogens is 312 g/mol. The number of ether oxygens (including phenoxy) is 4. The molecule has 0 aromatic heterocycles. The molecule has 1 aliphatic rings. The van der Waals surface area contributed by atoms with E-state index in [9.17, 15) is 0 Å². The predicted molar refractivity (Wildman–Crippen MR) is 80.2 cm³/mol. The summed E-state index contributed by atoms with van der Waals surface area (Å²) in [6.07, 6.45) is -0.201. The van der Waals surface area contributed by atoms with Crippen LogP contribution in [0.2, 0.25) is 5.02 Å². The van der Waals surface area contributed by atoms with Gasteiger partial charge < -0.3 is 18.9 Å². The van der Waals surface area contributed by atoms with E-state index in [-0.39, 0.29) is 23.6 Å². The van der Waals surface area contributed by atoms with Crippen LogP contribution in [0.4, 0.5) is 0 Å². The lowest BCUT2D eigenvalue weighted by molar-refractivity contribution is -0.141. The van der Waals surface area contributed by atoms with Crippen LogP contribution in [-0.4, -0.2) is 43.3 Å². The molecule has 0 bridgehead atoms. The second-order valence-electron chi connectivity index (χ2n) is 5.24. The van der Waals surface area contributed by atoms with E-state index >= 15 is 0 Å². The molecule has 1 aromatic carbocycles.